The summed E-state index contributed by atoms with van der Waals surface area (Å²) in [7, 11) is 0. The first-order chi connectivity index (χ1) is 9.06. The van der Waals surface area contributed by atoms with Gasteiger partial charge in [0.1, 0.15) is 11.5 Å². The average Bonchev–Trinajstić information content (AvgIpc) is 2.69. The SMILES string of the molecule is C=CCN(CC)Cc1cc(CNCC(C)C)c(C)o1. The highest BCUT2D eigenvalue weighted by Gasteiger charge is 2.10. The van der Waals surface area contributed by atoms with Gasteiger partial charge in [0, 0.05) is 18.7 Å². The smallest absolute Gasteiger partial charge is 0.118 e. The number of likely N-dealkylation sites (N-methyl/N-ethyl adjacent to an activating group) is 1. The third-order valence-electron chi connectivity index (χ3n) is 3.15. The first-order valence-corrected chi connectivity index (χ1v) is 7.19. The third kappa shape index (κ3) is 5.62. The summed E-state index contributed by atoms with van der Waals surface area (Å²) in [4.78, 5) is 2.30. The molecule has 1 rings (SSSR count). The van der Waals surface area contributed by atoms with E-state index < -0.39 is 0 Å². The Morgan fingerprint density at radius 2 is 2.21 bits per heavy atom. The molecule has 1 aromatic rings. The predicted octanol–water partition coefficient (Wildman–Crippen LogP) is 3.34. The molecule has 0 saturated carbocycles. The lowest BCUT2D eigenvalue weighted by Crippen LogP contribution is -2.22. The molecule has 1 N–H and O–H groups in total. The number of aryl methyl sites for hydroxylation is 1. The second-order valence-corrected chi connectivity index (χ2v) is 5.44. The second-order valence-electron chi connectivity index (χ2n) is 5.44. The van der Waals surface area contributed by atoms with Crippen LogP contribution in [0.5, 0.6) is 0 Å². The molecule has 0 atom stereocenters. The van der Waals surface area contributed by atoms with Crippen molar-refractivity contribution in [2.45, 2.75) is 40.8 Å². The van der Waals surface area contributed by atoms with Crippen molar-refractivity contribution in [2.75, 3.05) is 19.6 Å². The van der Waals surface area contributed by atoms with E-state index in [-0.39, 0.29) is 0 Å². The van der Waals surface area contributed by atoms with E-state index in [1.807, 2.05) is 13.0 Å². The minimum absolute atomic E-state index is 0.676. The highest BCUT2D eigenvalue weighted by atomic mass is 16.3. The third-order valence-corrected chi connectivity index (χ3v) is 3.15. The summed E-state index contributed by atoms with van der Waals surface area (Å²) in [6, 6.07) is 2.18. The summed E-state index contributed by atoms with van der Waals surface area (Å²) in [5, 5.41) is 3.46. The number of furan rings is 1. The summed E-state index contributed by atoms with van der Waals surface area (Å²) < 4.78 is 5.83. The van der Waals surface area contributed by atoms with Crippen LogP contribution in [0.25, 0.3) is 0 Å². The molecule has 0 aromatic carbocycles. The molecule has 0 aliphatic rings. The van der Waals surface area contributed by atoms with Gasteiger partial charge < -0.3 is 9.73 Å². The zero-order valence-electron chi connectivity index (χ0n) is 12.8. The van der Waals surface area contributed by atoms with Crippen LogP contribution < -0.4 is 5.32 Å². The molecule has 0 aliphatic heterocycles. The maximum absolute atomic E-state index is 5.83. The van der Waals surface area contributed by atoms with Crippen LogP contribution in [0, 0.1) is 12.8 Å². The standard InChI is InChI=1S/C16H28N2O/c1-6-8-18(7-2)12-16-9-15(14(5)19-16)11-17-10-13(3)4/h6,9,13,17H,1,7-8,10-12H2,2-5H3. The maximum atomic E-state index is 5.83. The predicted molar refractivity (Wildman–Crippen MR) is 81.1 cm³/mol. The quantitative estimate of drug-likeness (QED) is 0.693. The molecule has 0 amide bonds. The van der Waals surface area contributed by atoms with Crippen LogP contribution in [-0.2, 0) is 13.1 Å². The van der Waals surface area contributed by atoms with Crippen molar-refractivity contribution in [3.8, 4) is 0 Å². The van der Waals surface area contributed by atoms with E-state index in [0.29, 0.717) is 5.92 Å². The Bertz CT molecular complexity index is 382. The summed E-state index contributed by atoms with van der Waals surface area (Å²) in [5.41, 5.74) is 1.27. The first kappa shape index (κ1) is 16.0. The Labute approximate surface area is 117 Å². The van der Waals surface area contributed by atoms with E-state index in [9.17, 15) is 0 Å². The van der Waals surface area contributed by atoms with Crippen molar-refractivity contribution in [3.63, 3.8) is 0 Å². The van der Waals surface area contributed by atoms with E-state index in [1.54, 1.807) is 0 Å². The van der Waals surface area contributed by atoms with Gasteiger partial charge in [0.2, 0.25) is 0 Å². The van der Waals surface area contributed by atoms with Crippen LogP contribution in [0.1, 0.15) is 37.9 Å². The average molecular weight is 264 g/mol. The first-order valence-electron chi connectivity index (χ1n) is 7.19. The largest absolute Gasteiger partial charge is 0.465 e. The molecule has 0 radical (unpaired) electrons. The number of hydrogen-bond acceptors (Lipinski definition) is 3. The lowest BCUT2D eigenvalue weighted by Gasteiger charge is -2.16. The molecule has 0 saturated heterocycles. The second kappa shape index (κ2) is 8.18. The Morgan fingerprint density at radius 3 is 2.79 bits per heavy atom. The summed E-state index contributed by atoms with van der Waals surface area (Å²) in [5.74, 6) is 2.75. The number of rotatable bonds is 9. The van der Waals surface area contributed by atoms with E-state index in [0.717, 1.165) is 44.2 Å². The van der Waals surface area contributed by atoms with Gasteiger partial charge in [-0.2, -0.15) is 0 Å². The molecule has 0 unspecified atom stereocenters. The van der Waals surface area contributed by atoms with E-state index >= 15 is 0 Å². The molecule has 3 heteroatoms. The van der Waals surface area contributed by atoms with E-state index in [2.05, 4.69) is 43.6 Å². The molecule has 1 aromatic heterocycles. The minimum atomic E-state index is 0.676. The van der Waals surface area contributed by atoms with E-state index in [4.69, 9.17) is 4.42 Å². The van der Waals surface area contributed by atoms with Gasteiger partial charge in [0.25, 0.3) is 0 Å². The Morgan fingerprint density at radius 1 is 1.47 bits per heavy atom. The van der Waals surface area contributed by atoms with Gasteiger partial charge >= 0.3 is 0 Å². The Kier molecular flexibility index (Phi) is 6.89. The summed E-state index contributed by atoms with van der Waals surface area (Å²) >= 11 is 0. The molecule has 19 heavy (non-hydrogen) atoms. The Hall–Kier alpha value is -1.06. The van der Waals surface area contributed by atoms with Crippen LogP contribution in [0.3, 0.4) is 0 Å². The van der Waals surface area contributed by atoms with Crippen LogP contribution in [0.15, 0.2) is 23.1 Å². The zero-order valence-corrected chi connectivity index (χ0v) is 12.8. The van der Waals surface area contributed by atoms with Crippen LogP contribution in [0.2, 0.25) is 0 Å². The molecule has 0 fully saturated rings. The maximum Gasteiger partial charge on any atom is 0.118 e. The molecular weight excluding hydrogens is 236 g/mol. The summed E-state index contributed by atoms with van der Waals surface area (Å²) in [6.45, 7) is 17.1. The summed E-state index contributed by atoms with van der Waals surface area (Å²) in [6.07, 6.45) is 1.93. The van der Waals surface area contributed by atoms with Gasteiger partial charge in [-0.1, -0.05) is 26.8 Å². The molecule has 108 valence electrons. The van der Waals surface area contributed by atoms with Gasteiger partial charge in [-0.15, -0.1) is 6.58 Å². The van der Waals surface area contributed by atoms with Crippen LogP contribution >= 0.6 is 0 Å². The Balaban J connectivity index is 2.55. The fraction of sp³-hybridized carbons (Fsp3) is 0.625. The van der Waals surface area contributed by atoms with E-state index in [1.165, 1.54) is 5.56 Å². The fourth-order valence-electron chi connectivity index (χ4n) is 2.04. The van der Waals surface area contributed by atoms with Crippen molar-refractivity contribution in [1.29, 1.82) is 0 Å². The van der Waals surface area contributed by atoms with Crippen LogP contribution in [-0.4, -0.2) is 24.5 Å². The van der Waals surface area contributed by atoms with Crippen LogP contribution in [0.4, 0.5) is 0 Å². The number of nitrogens with zero attached hydrogens (tertiary/aromatic N) is 1. The van der Waals surface area contributed by atoms with Crippen molar-refractivity contribution >= 4 is 0 Å². The van der Waals surface area contributed by atoms with Gasteiger partial charge in [-0.3, -0.25) is 4.90 Å². The molecular formula is C16H28N2O. The lowest BCUT2D eigenvalue weighted by molar-refractivity contribution is 0.279. The molecule has 1 heterocycles. The highest BCUT2D eigenvalue weighted by molar-refractivity contribution is 5.20. The zero-order chi connectivity index (χ0) is 14.3. The number of nitrogens with one attached hydrogen (secondary N) is 1. The fourth-order valence-corrected chi connectivity index (χ4v) is 2.04. The van der Waals surface area contributed by atoms with Gasteiger partial charge in [0.15, 0.2) is 0 Å². The molecule has 0 bridgehead atoms. The molecule has 0 aliphatic carbocycles. The molecule has 0 spiro atoms. The van der Waals surface area contributed by atoms with Crippen molar-refractivity contribution in [3.05, 3.63) is 35.8 Å². The lowest BCUT2D eigenvalue weighted by atomic mass is 10.2. The number of hydrogen-bond donors (Lipinski definition) is 1. The molecule has 3 nitrogen and oxygen atoms in total. The normalized spacial score (nSPS) is 11.5. The van der Waals surface area contributed by atoms with Crippen molar-refractivity contribution < 1.29 is 4.42 Å². The van der Waals surface area contributed by atoms with Gasteiger partial charge in [-0.25, -0.2) is 0 Å². The van der Waals surface area contributed by atoms with Gasteiger partial charge in [0.05, 0.1) is 6.54 Å². The monoisotopic (exact) mass is 264 g/mol. The van der Waals surface area contributed by atoms with Gasteiger partial charge in [-0.05, 0) is 32.0 Å². The topological polar surface area (TPSA) is 28.4 Å². The highest BCUT2D eigenvalue weighted by Crippen LogP contribution is 2.16. The van der Waals surface area contributed by atoms with Crippen molar-refractivity contribution in [2.24, 2.45) is 5.92 Å². The minimum Gasteiger partial charge on any atom is -0.465 e. The van der Waals surface area contributed by atoms with Crippen molar-refractivity contribution in [1.82, 2.24) is 10.2 Å².